The van der Waals surface area contributed by atoms with Gasteiger partial charge in [-0.3, -0.25) is 9.78 Å². The van der Waals surface area contributed by atoms with E-state index in [1.165, 1.54) is 24.3 Å². The maximum absolute atomic E-state index is 13.3. The Balaban J connectivity index is 1.89. The van der Waals surface area contributed by atoms with Crippen LogP contribution in [0.4, 0.5) is 4.39 Å². The van der Waals surface area contributed by atoms with Crippen molar-refractivity contribution in [3.63, 3.8) is 0 Å². The highest BCUT2D eigenvalue weighted by Gasteiger charge is 2.29. The predicted molar refractivity (Wildman–Crippen MR) is 97.8 cm³/mol. The van der Waals surface area contributed by atoms with Crippen molar-refractivity contribution >= 4 is 5.91 Å². The Morgan fingerprint density at radius 1 is 1.07 bits per heavy atom. The zero-order chi connectivity index (χ0) is 18.8. The number of carbonyl (C=O) groups is 1. The molecule has 0 saturated carbocycles. The van der Waals surface area contributed by atoms with Crippen molar-refractivity contribution in [1.29, 1.82) is 0 Å². The summed E-state index contributed by atoms with van der Waals surface area (Å²) in [7, 11) is 0. The topological polar surface area (TPSA) is 77.1 Å². The lowest BCUT2D eigenvalue weighted by molar-refractivity contribution is 0.0679. The molecule has 2 aromatic heterocycles. The lowest BCUT2D eigenvalue weighted by Crippen LogP contribution is -2.34. The normalized spacial score (nSPS) is 15.0. The molecule has 1 saturated heterocycles. The van der Waals surface area contributed by atoms with Crippen LogP contribution in [0.3, 0.4) is 0 Å². The second-order valence-corrected chi connectivity index (χ2v) is 6.50. The fourth-order valence-electron chi connectivity index (χ4n) is 3.40. The molecule has 1 aromatic carbocycles. The van der Waals surface area contributed by atoms with Crippen LogP contribution in [0.2, 0.25) is 0 Å². The number of carbonyl (C=O) groups excluding carboxylic acids is 1. The zero-order valence-electron chi connectivity index (χ0n) is 14.5. The Morgan fingerprint density at radius 3 is 2.41 bits per heavy atom. The Kier molecular flexibility index (Phi) is 4.68. The minimum Gasteiger partial charge on any atom is -0.328 e. The first-order chi connectivity index (χ1) is 13.1. The molecular formula is C20H18FN3O3. The Hall–Kier alpha value is -3.06. The van der Waals surface area contributed by atoms with Crippen LogP contribution in [0.15, 0.2) is 58.1 Å². The van der Waals surface area contributed by atoms with Gasteiger partial charge in [-0.05, 0) is 55.8 Å². The number of pyridine rings is 1. The summed E-state index contributed by atoms with van der Waals surface area (Å²) in [6.45, 7) is 1.49. The Labute approximate surface area is 154 Å². The molecule has 6 nitrogen and oxygen atoms in total. The van der Waals surface area contributed by atoms with Crippen molar-refractivity contribution in [2.75, 3.05) is 13.1 Å². The SMILES string of the molecule is O=C(C1CCNCC1)n1oc(=O)c(-c2ccc(F)cc2)c1-c1ccncc1. The molecule has 1 aliphatic heterocycles. The second-order valence-electron chi connectivity index (χ2n) is 6.50. The molecule has 3 heterocycles. The summed E-state index contributed by atoms with van der Waals surface area (Å²) in [5.41, 5.74) is 1.11. The maximum Gasteiger partial charge on any atom is 0.366 e. The van der Waals surface area contributed by atoms with Gasteiger partial charge in [0.05, 0.1) is 5.56 Å². The van der Waals surface area contributed by atoms with Crippen LogP contribution in [0, 0.1) is 11.7 Å². The van der Waals surface area contributed by atoms with Crippen molar-refractivity contribution < 1.29 is 13.7 Å². The largest absolute Gasteiger partial charge is 0.366 e. The summed E-state index contributed by atoms with van der Waals surface area (Å²) in [5, 5.41) is 3.22. The number of hydrogen-bond donors (Lipinski definition) is 1. The second kappa shape index (κ2) is 7.28. The van der Waals surface area contributed by atoms with E-state index in [9.17, 15) is 14.0 Å². The van der Waals surface area contributed by atoms with Gasteiger partial charge in [-0.2, -0.15) is 0 Å². The first-order valence-electron chi connectivity index (χ1n) is 8.83. The molecule has 7 heteroatoms. The first kappa shape index (κ1) is 17.4. The van der Waals surface area contributed by atoms with Crippen molar-refractivity contribution in [2.24, 2.45) is 5.92 Å². The minimum absolute atomic E-state index is 0.219. The smallest absolute Gasteiger partial charge is 0.328 e. The summed E-state index contributed by atoms with van der Waals surface area (Å²) >= 11 is 0. The van der Waals surface area contributed by atoms with E-state index in [1.807, 2.05) is 0 Å². The van der Waals surface area contributed by atoms with E-state index in [1.54, 1.807) is 24.5 Å². The molecule has 0 spiro atoms. The van der Waals surface area contributed by atoms with Gasteiger partial charge in [-0.15, -0.1) is 4.74 Å². The monoisotopic (exact) mass is 367 g/mol. The van der Waals surface area contributed by atoms with E-state index >= 15 is 0 Å². The maximum atomic E-state index is 13.3. The number of halogens is 1. The van der Waals surface area contributed by atoms with Gasteiger partial charge in [0.25, 0.3) is 5.91 Å². The number of rotatable bonds is 3. The summed E-state index contributed by atoms with van der Waals surface area (Å²) in [6, 6.07) is 8.98. The molecule has 1 N–H and O–H groups in total. The molecule has 27 heavy (non-hydrogen) atoms. The third kappa shape index (κ3) is 3.33. The summed E-state index contributed by atoms with van der Waals surface area (Å²) in [4.78, 5) is 29.7. The highest BCUT2D eigenvalue weighted by atomic mass is 19.1. The van der Waals surface area contributed by atoms with Crippen LogP contribution >= 0.6 is 0 Å². The van der Waals surface area contributed by atoms with Crippen molar-refractivity contribution in [3.05, 3.63) is 65.0 Å². The number of aromatic nitrogens is 2. The first-order valence-corrected chi connectivity index (χ1v) is 8.83. The van der Waals surface area contributed by atoms with Crippen LogP contribution < -0.4 is 10.9 Å². The van der Waals surface area contributed by atoms with Gasteiger partial charge < -0.3 is 9.84 Å². The quantitative estimate of drug-likeness (QED) is 0.770. The fourth-order valence-corrected chi connectivity index (χ4v) is 3.40. The molecule has 3 aromatic rings. The van der Waals surface area contributed by atoms with Crippen molar-refractivity contribution in [3.8, 4) is 22.4 Å². The van der Waals surface area contributed by atoms with E-state index in [0.29, 0.717) is 29.7 Å². The van der Waals surface area contributed by atoms with Gasteiger partial charge in [0, 0.05) is 23.9 Å². The highest BCUT2D eigenvalue weighted by molar-refractivity contribution is 5.90. The summed E-state index contributed by atoms with van der Waals surface area (Å²) in [5.74, 6) is -0.865. The Bertz CT molecular complexity index is 1000. The molecule has 0 amide bonds. The van der Waals surface area contributed by atoms with Crippen LogP contribution in [-0.2, 0) is 0 Å². The van der Waals surface area contributed by atoms with Gasteiger partial charge >= 0.3 is 5.63 Å². The van der Waals surface area contributed by atoms with E-state index < -0.39 is 11.4 Å². The van der Waals surface area contributed by atoms with E-state index in [2.05, 4.69) is 10.3 Å². The van der Waals surface area contributed by atoms with Gasteiger partial charge in [0.15, 0.2) is 0 Å². The molecule has 0 unspecified atom stereocenters. The lowest BCUT2D eigenvalue weighted by Gasteiger charge is -2.21. The van der Waals surface area contributed by atoms with Crippen LogP contribution in [0.1, 0.15) is 17.6 Å². The Morgan fingerprint density at radius 2 is 1.74 bits per heavy atom. The molecular weight excluding hydrogens is 349 g/mol. The molecule has 1 aliphatic rings. The molecule has 138 valence electrons. The van der Waals surface area contributed by atoms with Gasteiger partial charge in [-0.25, -0.2) is 9.18 Å². The van der Waals surface area contributed by atoms with E-state index in [-0.39, 0.29) is 17.4 Å². The molecule has 4 rings (SSSR count). The minimum atomic E-state index is -0.629. The fraction of sp³-hybridized carbons (Fsp3) is 0.250. The number of nitrogens with zero attached hydrogens (tertiary/aromatic N) is 2. The number of piperidine rings is 1. The zero-order valence-corrected chi connectivity index (χ0v) is 14.5. The third-order valence-corrected chi connectivity index (χ3v) is 4.79. The molecule has 1 fully saturated rings. The number of hydrogen-bond acceptors (Lipinski definition) is 5. The van der Waals surface area contributed by atoms with Gasteiger partial charge in [0.1, 0.15) is 11.5 Å². The average molecular weight is 367 g/mol. The molecule has 0 bridgehead atoms. The molecule has 0 aliphatic carbocycles. The van der Waals surface area contributed by atoms with Gasteiger partial charge in [0.2, 0.25) is 0 Å². The van der Waals surface area contributed by atoms with E-state index in [4.69, 9.17) is 4.52 Å². The van der Waals surface area contributed by atoms with Gasteiger partial charge in [-0.1, -0.05) is 12.1 Å². The standard InChI is InChI=1S/C20H18FN3O3/c21-16-3-1-13(2-4-16)17-18(14-5-9-22-10-6-14)24(27-20(17)26)19(25)15-7-11-23-12-8-15/h1-6,9-10,15,23H,7-8,11-12H2. The van der Waals surface area contributed by atoms with Crippen LogP contribution in [0.25, 0.3) is 22.4 Å². The van der Waals surface area contributed by atoms with E-state index in [0.717, 1.165) is 17.8 Å². The summed E-state index contributed by atoms with van der Waals surface area (Å²) < 4.78 is 19.8. The average Bonchev–Trinajstić information content (AvgIpc) is 3.06. The number of nitrogens with one attached hydrogen (secondary N) is 1. The molecule has 0 radical (unpaired) electrons. The summed E-state index contributed by atoms with van der Waals surface area (Å²) in [6.07, 6.45) is 4.53. The predicted octanol–water partition coefficient (Wildman–Crippen LogP) is 2.95. The van der Waals surface area contributed by atoms with Crippen LogP contribution in [0.5, 0.6) is 0 Å². The number of benzene rings is 1. The van der Waals surface area contributed by atoms with Crippen molar-refractivity contribution in [2.45, 2.75) is 12.8 Å². The van der Waals surface area contributed by atoms with Crippen molar-refractivity contribution in [1.82, 2.24) is 15.0 Å². The van der Waals surface area contributed by atoms with Crippen LogP contribution in [-0.4, -0.2) is 28.7 Å². The third-order valence-electron chi connectivity index (χ3n) is 4.79. The molecule has 0 atom stereocenters. The highest BCUT2D eigenvalue weighted by Crippen LogP contribution is 2.31. The lowest BCUT2D eigenvalue weighted by atomic mass is 9.96.